The molecule has 0 radical (unpaired) electrons. The molecule has 0 bridgehead atoms. The molecule has 0 fully saturated rings. The second-order valence-corrected chi connectivity index (χ2v) is 36.7. The van der Waals surface area contributed by atoms with E-state index in [9.17, 15) is 0 Å². The second kappa shape index (κ2) is 27.6. The Bertz CT molecular complexity index is 270. The van der Waals surface area contributed by atoms with E-state index in [4.69, 9.17) is 35.7 Å². The standard InChI is InChI=1S/C24H51P.4ClH.Sn/c1-4-7-10-13-16-19-22-25(23-20-17-14-11-8-5-2)24-21-18-15-12-9-6-3;;;;;/h4-24H2,1-3H3;4*1H;/q;;;;;+4/p-4. The van der Waals surface area contributed by atoms with Gasteiger partial charge in [0.05, 0.1) is 0 Å². The van der Waals surface area contributed by atoms with Crippen molar-refractivity contribution in [3.63, 3.8) is 0 Å². The molecule has 6 heteroatoms. The normalized spacial score (nSPS) is 11.6. The molecule has 0 saturated heterocycles. The Labute approximate surface area is 210 Å². The predicted octanol–water partition coefficient (Wildman–Crippen LogP) is 11.9. The summed E-state index contributed by atoms with van der Waals surface area (Å²) in [7, 11) is 20.5. The van der Waals surface area contributed by atoms with Gasteiger partial charge in [0.1, 0.15) is 0 Å². The number of rotatable bonds is 21. The Balaban J connectivity index is 0. The van der Waals surface area contributed by atoms with Gasteiger partial charge >= 0.3 is 49.6 Å². The van der Waals surface area contributed by atoms with Crippen LogP contribution in [0.5, 0.6) is 0 Å². The fourth-order valence-electron chi connectivity index (χ4n) is 3.68. The van der Waals surface area contributed by atoms with E-state index < -0.39 is 13.9 Å². The molecule has 0 spiro atoms. The predicted molar refractivity (Wildman–Crippen MR) is 151 cm³/mol. The zero-order chi connectivity index (χ0) is 22.9. The van der Waals surface area contributed by atoms with Gasteiger partial charge in [-0.1, -0.05) is 117 Å². The summed E-state index contributed by atoms with van der Waals surface area (Å²) in [5.74, 6) is 0. The van der Waals surface area contributed by atoms with E-state index in [2.05, 4.69) is 20.8 Å². The van der Waals surface area contributed by atoms with E-state index in [1.54, 1.807) is 18.5 Å². The Morgan fingerprint density at radius 2 is 0.600 bits per heavy atom. The van der Waals surface area contributed by atoms with Crippen LogP contribution in [-0.2, 0) is 0 Å². The molecule has 0 aromatic rings. The van der Waals surface area contributed by atoms with Crippen molar-refractivity contribution >= 4 is 57.5 Å². The van der Waals surface area contributed by atoms with E-state index in [1.165, 1.54) is 116 Å². The summed E-state index contributed by atoms with van der Waals surface area (Å²) in [6, 6.07) is 0. The maximum absolute atomic E-state index is 5.04. The van der Waals surface area contributed by atoms with Crippen molar-refractivity contribution < 1.29 is 0 Å². The second-order valence-electron chi connectivity index (χ2n) is 8.57. The molecule has 0 aliphatic heterocycles. The monoisotopic (exact) mass is 630 g/mol. The SMILES string of the molecule is CCCCCCCCP(CCCCCCCC)CCCCCCCC.[Cl][Sn]([Cl])([Cl])[Cl]. The van der Waals surface area contributed by atoms with Crippen LogP contribution in [-0.4, -0.2) is 32.4 Å². The average molecular weight is 631 g/mol. The molecule has 0 unspecified atom stereocenters. The first kappa shape index (κ1) is 34.6. The molecule has 0 saturated carbocycles. The zero-order valence-corrected chi connectivity index (χ0v) is 27.1. The number of unbranched alkanes of at least 4 members (excludes halogenated alkanes) is 15. The van der Waals surface area contributed by atoms with Crippen LogP contribution in [0.3, 0.4) is 0 Å². The van der Waals surface area contributed by atoms with Gasteiger partial charge in [0.15, 0.2) is 0 Å². The molecule has 0 aromatic heterocycles. The summed E-state index contributed by atoms with van der Waals surface area (Å²) in [5.41, 5.74) is 0. The fourth-order valence-corrected chi connectivity index (χ4v) is 6.37. The van der Waals surface area contributed by atoms with Crippen molar-refractivity contribution in [1.29, 1.82) is 0 Å². The minimum absolute atomic E-state index is 0.366. The van der Waals surface area contributed by atoms with Gasteiger partial charge in [-0.25, -0.2) is 0 Å². The van der Waals surface area contributed by atoms with Gasteiger partial charge in [0, 0.05) is 0 Å². The van der Waals surface area contributed by atoms with Crippen molar-refractivity contribution in [2.24, 2.45) is 0 Å². The van der Waals surface area contributed by atoms with E-state index in [0.717, 1.165) is 0 Å². The minimum atomic E-state index is -3.29. The summed E-state index contributed by atoms with van der Waals surface area (Å²) in [6.45, 7) is 6.96. The third-order valence-corrected chi connectivity index (χ3v) is 8.33. The van der Waals surface area contributed by atoms with Gasteiger partial charge < -0.3 is 0 Å². The van der Waals surface area contributed by atoms with Crippen LogP contribution in [0.25, 0.3) is 0 Å². The summed E-state index contributed by atoms with van der Waals surface area (Å²) in [6.07, 6.45) is 31.2. The average Bonchev–Trinajstić information content (AvgIpc) is 2.68. The van der Waals surface area contributed by atoms with Gasteiger partial charge in [0.2, 0.25) is 0 Å². The molecule has 0 heterocycles. The van der Waals surface area contributed by atoms with E-state index in [1.807, 2.05) is 0 Å². The van der Waals surface area contributed by atoms with Crippen molar-refractivity contribution in [1.82, 2.24) is 0 Å². The van der Waals surface area contributed by atoms with Gasteiger partial charge in [-0.05, 0) is 37.7 Å². The van der Waals surface area contributed by atoms with Crippen molar-refractivity contribution in [3.05, 3.63) is 0 Å². The summed E-state index contributed by atoms with van der Waals surface area (Å²) >= 11 is -3.29. The first-order valence-electron chi connectivity index (χ1n) is 12.8. The third-order valence-electron chi connectivity index (χ3n) is 5.48. The maximum atomic E-state index is 5.04. The Kier molecular flexibility index (Phi) is 31.8. The number of halogens is 4. The van der Waals surface area contributed by atoms with Crippen LogP contribution in [0, 0.1) is 0 Å². The van der Waals surface area contributed by atoms with Gasteiger partial charge in [0.25, 0.3) is 0 Å². The summed E-state index contributed by atoms with van der Waals surface area (Å²) in [4.78, 5) is 0. The zero-order valence-electron chi connectivity index (χ0n) is 20.3. The van der Waals surface area contributed by atoms with E-state index in [-0.39, 0.29) is 0 Å². The Morgan fingerprint density at radius 3 is 0.833 bits per heavy atom. The molecular weight excluding hydrogens is 580 g/mol. The van der Waals surface area contributed by atoms with Crippen LogP contribution in [0.15, 0.2) is 0 Å². The quantitative estimate of drug-likeness (QED) is 0.0672. The number of hydrogen-bond donors (Lipinski definition) is 0. The molecule has 30 heavy (non-hydrogen) atoms. The molecule has 0 amide bonds. The van der Waals surface area contributed by atoms with E-state index >= 15 is 0 Å². The van der Waals surface area contributed by atoms with Crippen LogP contribution in [0.4, 0.5) is 0 Å². The molecule has 184 valence electrons. The van der Waals surface area contributed by atoms with Crippen LogP contribution < -0.4 is 0 Å². The van der Waals surface area contributed by atoms with Crippen LogP contribution >= 0.6 is 43.6 Å². The fraction of sp³-hybridized carbons (Fsp3) is 1.00. The van der Waals surface area contributed by atoms with Crippen molar-refractivity contribution in [2.75, 3.05) is 18.5 Å². The first-order valence-corrected chi connectivity index (χ1v) is 29.2. The first-order chi connectivity index (χ1) is 14.3. The molecule has 0 rings (SSSR count). The Morgan fingerprint density at radius 1 is 0.400 bits per heavy atom. The van der Waals surface area contributed by atoms with Crippen LogP contribution in [0.2, 0.25) is 0 Å². The molecule has 0 aliphatic rings. The molecule has 0 aromatic carbocycles. The van der Waals surface area contributed by atoms with Crippen molar-refractivity contribution in [2.45, 2.75) is 136 Å². The van der Waals surface area contributed by atoms with Crippen molar-refractivity contribution in [3.8, 4) is 0 Å². The van der Waals surface area contributed by atoms with Gasteiger partial charge in [-0.15, -0.1) is 7.92 Å². The molecule has 0 N–H and O–H groups in total. The van der Waals surface area contributed by atoms with E-state index in [0.29, 0.717) is 7.92 Å². The Hall–Kier alpha value is 2.39. The molecule has 0 aliphatic carbocycles. The number of hydrogen-bond acceptors (Lipinski definition) is 0. The summed E-state index contributed by atoms with van der Waals surface area (Å²) in [5, 5.41) is 0. The molecule has 0 atom stereocenters. The molecular formula is C24H51Cl4PSn. The van der Waals surface area contributed by atoms with Gasteiger partial charge in [-0.3, -0.25) is 0 Å². The van der Waals surface area contributed by atoms with Gasteiger partial charge in [-0.2, -0.15) is 0 Å². The van der Waals surface area contributed by atoms with Crippen LogP contribution in [0.1, 0.15) is 136 Å². The molecule has 0 nitrogen and oxygen atoms in total. The third kappa shape index (κ3) is 37.7. The summed E-state index contributed by atoms with van der Waals surface area (Å²) < 4.78 is 0. The topological polar surface area (TPSA) is 0 Å².